The molecule has 0 fully saturated rings. The van der Waals surface area contributed by atoms with E-state index in [1.54, 1.807) is 24.2 Å². The van der Waals surface area contributed by atoms with Crippen molar-refractivity contribution >= 4 is 23.2 Å². The van der Waals surface area contributed by atoms with Crippen molar-refractivity contribution in [1.29, 1.82) is 0 Å². The van der Waals surface area contributed by atoms with E-state index in [0.717, 1.165) is 22.3 Å². The molecule has 0 spiro atoms. The Hall–Kier alpha value is -3.15. The second-order valence-corrected chi connectivity index (χ2v) is 4.93. The second kappa shape index (κ2) is 6.74. The van der Waals surface area contributed by atoms with E-state index in [9.17, 15) is 4.79 Å². The van der Waals surface area contributed by atoms with Crippen molar-refractivity contribution in [1.82, 2.24) is 15.0 Å². The molecule has 116 valence electrons. The van der Waals surface area contributed by atoms with Gasteiger partial charge < -0.3 is 9.30 Å². The van der Waals surface area contributed by atoms with Gasteiger partial charge in [0.25, 0.3) is 5.91 Å². The maximum atomic E-state index is 12.0. The molecule has 0 aliphatic rings. The van der Waals surface area contributed by atoms with Crippen LogP contribution in [0.2, 0.25) is 0 Å². The fraction of sp³-hybridized carbons (Fsp3) is 0.118. The summed E-state index contributed by atoms with van der Waals surface area (Å²) in [5.41, 5.74) is 5.14. The number of methoxy groups -OCH3 is 1. The fourth-order valence-electron chi connectivity index (χ4n) is 2.23. The summed E-state index contributed by atoms with van der Waals surface area (Å²) in [7, 11) is 1.60. The molecule has 0 bridgehead atoms. The van der Waals surface area contributed by atoms with Crippen LogP contribution in [0.15, 0.2) is 60.0 Å². The van der Waals surface area contributed by atoms with E-state index in [1.165, 1.54) is 0 Å². The van der Waals surface area contributed by atoms with Crippen molar-refractivity contribution in [2.24, 2.45) is 5.10 Å². The minimum absolute atomic E-state index is 0.163. The van der Waals surface area contributed by atoms with Crippen LogP contribution in [0.25, 0.3) is 11.0 Å². The average molecular weight is 308 g/mol. The van der Waals surface area contributed by atoms with E-state index >= 15 is 0 Å². The number of hydrogen-bond acceptors (Lipinski definition) is 4. The van der Waals surface area contributed by atoms with Crippen LogP contribution in [0.1, 0.15) is 5.56 Å². The Balaban J connectivity index is 1.62. The summed E-state index contributed by atoms with van der Waals surface area (Å²) in [6.45, 7) is 0.163. The minimum Gasteiger partial charge on any atom is -0.497 e. The van der Waals surface area contributed by atoms with E-state index < -0.39 is 0 Å². The molecular formula is C17H16N4O2. The van der Waals surface area contributed by atoms with Gasteiger partial charge >= 0.3 is 0 Å². The lowest BCUT2D eigenvalue weighted by Gasteiger charge is -2.03. The summed E-state index contributed by atoms with van der Waals surface area (Å²) in [6, 6.07) is 15.1. The zero-order chi connectivity index (χ0) is 16.1. The Labute approximate surface area is 133 Å². The van der Waals surface area contributed by atoms with Crippen LogP contribution < -0.4 is 10.2 Å². The molecule has 0 unspecified atom stereocenters. The van der Waals surface area contributed by atoms with E-state index in [1.807, 2.05) is 48.5 Å². The van der Waals surface area contributed by atoms with Crippen LogP contribution in [-0.2, 0) is 11.3 Å². The number of para-hydroxylation sites is 2. The van der Waals surface area contributed by atoms with Crippen LogP contribution in [-0.4, -0.2) is 28.8 Å². The first kappa shape index (κ1) is 14.8. The molecule has 1 heterocycles. The first-order chi connectivity index (χ1) is 11.3. The van der Waals surface area contributed by atoms with Crippen molar-refractivity contribution in [3.8, 4) is 5.75 Å². The van der Waals surface area contributed by atoms with Gasteiger partial charge in [0.05, 0.1) is 30.7 Å². The summed E-state index contributed by atoms with van der Waals surface area (Å²) in [4.78, 5) is 16.2. The molecule has 0 radical (unpaired) electrons. The minimum atomic E-state index is -0.215. The molecule has 0 atom stereocenters. The van der Waals surface area contributed by atoms with Crippen molar-refractivity contribution in [2.45, 2.75) is 6.54 Å². The lowest BCUT2D eigenvalue weighted by Crippen LogP contribution is -2.22. The van der Waals surface area contributed by atoms with Crippen LogP contribution >= 0.6 is 0 Å². The third-order valence-corrected chi connectivity index (χ3v) is 3.34. The topological polar surface area (TPSA) is 68.5 Å². The smallest absolute Gasteiger partial charge is 0.260 e. The van der Waals surface area contributed by atoms with Crippen LogP contribution in [0, 0.1) is 0 Å². The molecule has 6 heteroatoms. The number of ether oxygens (including phenoxy) is 1. The molecule has 23 heavy (non-hydrogen) atoms. The highest BCUT2D eigenvalue weighted by atomic mass is 16.5. The van der Waals surface area contributed by atoms with Crippen molar-refractivity contribution < 1.29 is 9.53 Å². The van der Waals surface area contributed by atoms with E-state index in [0.29, 0.717) is 0 Å². The third-order valence-electron chi connectivity index (χ3n) is 3.34. The molecule has 6 nitrogen and oxygen atoms in total. The number of nitrogens with zero attached hydrogens (tertiary/aromatic N) is 3. The monoisotopic (exact) mass is 308 g/mol. The first-order valence-electron chi connectivity index (χ1n) is 7.12. The molecule has 0 aliphatic heterocycles. The van der Waals surface area contributed by atoms with Crippen LogP contribution in [0.3, 0.4) is 0 Å². The third kappa shape index (κ3) is 3.55. The largest absolute Gasteiger partial charge is 0.497 e. The van der Waals surface area contributed by atoms with Gasteiger partial charge in [-0.25, -0.2) is 10.4 Å². The maximum absolute atomic E-state index is 12.0. The number of hydrogen-bond donors (Lipinski definition) is 1. The Morgan fingerprint density at radius 2 is 2.17 bits per heavy atom. The summed E-state index contributed by atoms with van der Waals surface area (Å²) in [5.74, 6) is 0.525. The predicted molar refractivity (Wildman–Crippen MR) is 88.5 cm³/mol. The Kier molecular flexibility index (Phi) is 4.33. The fourth-order valence-corrected chi connectivity index (χ4v) is 2.23. The van der Waals surface area contributed by atoms with E-state index in [-0.39, 0.29) is 12.5 Å². The van der Waals surface area contributed by atoms with Gasteiger partial charge in [0.2, 0.25) is 0 Å². The molecule has 2 aromatic carbocycles. The summed E-state index contributed by atoms with van der Waals surface area (Å²) >= 11 is 0. The summed E-state index contributed by atoms with van der Waals surface area (Å²) in [5, 5.41) is 3.96. The second-order valence-electron chi connectivity index (χ2n) is 4.93. The molecule has 1 amide bonds. The molecule has 3 aromatic rings. The van der Waals surface area contributed by atoms with Crippen LogP contribution in [0.5, 0.6) is 5.75 Å². The standard InChI is InChI=1S/C17H16N4O2/c1-23-14-6-4-5-13(9-14)10-19-20-17(22)11-21-12-18-15-7-2-3-8-16(15)21/h2-10,12H,11H2,1H3,(H,20,22)/b19-10-. The number of aromatic nitrogens is 2. The number of amides is 1. The van der Waals surface area contributed by atoms with Gasteiger partial charge in [-0.1, -0.05) is 24.3 Å². The lowest BCUT2D eigenvalue weighted by molar-refractivity contribution is -0.121. The number of rotatable bonds is 5. The number of carbonyl (C=O) groups excluding carboxylic acids is 1. The molecule has 0 saturated carbocycles. The molecule has 0 aliphatic carbocycles. The van der Waals surface area contributed by atoms with Gasteiger partial charge in [0.1, 0.15) is 12.3 Å². The van der Waals surface area contributed by atoms with Crippen molar-refractivity contribution in [3.05, 3.63) is 60.4 Å². The Morgan fingerprint density at radius 3 is 3.04 bits per heavy atom. The van der Waals surface area contributed by atoms with Gasteiger partial charge in [0, 0.05) is 0 Å². The predicted octanol–water partition coefficient (Wildman–Crippen LogP) is 2.20. The normalized spacial score (nSPS) is 11.0. The zero-order valence-corrected chi connectivity index (χ0v) is 12.6. The Bertz CT molecular complexity index is 854. The van der Waals surface area contributed by atoms with Crippen molar-refractivity contribution in [2.75, 3.05) is 7.11 Å². The lowest BCUT2D eigenvalue weighted by atomic mass is 10.2. The zero-order valence-electron chi connectivity index (χ0n) is 12.6. The number of hydrazone groups is 1. The molecule has 1 N–H and O–H groups in total. The van der Waals surface area contributed by atoms with Gasteiger partial charge in [-0.05, 0) is 29.8 Å². The van der Waals surface area contributed by atoms with E-state index in [4.69, 9.17) is 4.74 Å². The maximum Gasteiger partial charge on any atom is 0.260 e. The number of fused-ring (bicyclic) bond motifs is 1. The summed E-state index contributed by atoms with van der Waals surface area (Å²) < 4.78 is 6.92. The molecule has 1 aromatic heterocycles. The average Bonchev–Trinajstić information content (AvgIpc) is 2.98. The number of nitrogens with one attached hydrogen (secondary N) is 1. The highest BCUT2D eigenvalue weighted by Gasteiger charge is 2.05. The number of benzene rings is 2. The van der Waals surface area contributed by atoms with Gasteiger partial charge in [-0.15, -0.1) is 0 Å². The summed E-state index contributed by atoms with van der Waals surface area (Å²) in [6.07, 6.45) is 3.22. The number of carbonyl (C=O) groups is 1. The number of imidazole rings is 1. The van der Waals surface area contributed by atoms with E-state index in [2.05, 4.69) is 15.5 Å². The van der Waals surface area contributed by atoms with Gasteiger partial charge in [-0.3, -0.25) is 4.79 Å². The molecule has 0 saturated heterocycles. The van der Waals surface area contributed by atoms with Gasteiger partial charge in [0.15, 0.2) is 0 Å². The quantitative estimate of drug-likeness (QED) is 0.580. The first-order valence-corrected chi connectivity index (χ1v) is 7.12. The highest BCUT2D eigenvalue weighted by Crippen LogP contribution is 2.12. The Morgan fingerprint density at radius 1 is 1.30 bits per heavy atom. The SMILES string of the molecule is COc1cccc(/C=N\NC(=O)Cn2cnc3ccccc32)c1. The molecule has 3 rings (SSSR count). The highest BCUT2D eigenvalue weighted by molar-refractivity contribution is 5.83. The van der Waals surface area contributed by atoms with Crippen LogP contribution in [0.4, 0.5) is 0 Å². The van der Waals surface area contributed by atoms with Gasteiger partial charge in [-0.2, -0.15) is 5.10 Å². The van der Waals surface area contributed by atoms with Crippen molar-refractivity contribution in [3.63, 3.8) is 0 Å². The molecular weight excluding hydrogens is 292 g/mol.